The molecule has 0 saturated carbocycles. The van der Waals surface area contributed by atoms with Gasteiger partial charge in [0.15, 0.2) is 0 Å². The Hall–Kier alpha value is -1.30. The molecule has 2 rings (SSSR count). The van der Waals surface area contributed by atoms with Gasteiger partial charge in [-0.2, -0.15) is 0 Å². The molecule has 2 atom stereocenters. The van der Waals surface area contributed by atoms with Gasteiger partial charge in [-0.3, -0.25) is 0 Å². The monoisotopic (exact) mass is 254 g/mol. The molecule has 0 N–H and O–H groups in total. The Morgan fingerprint density at radius 1 is 0.842 bits per heavy atom. The molecule has 2 aliphatic rings. The maximum Gasteiger partial charge on any atom is 0.00393 e. The lowest BCUT2D eigenvalue weighted by molar-refractivity contribution is 0.527. The Morgan fingerprint density at radius 3 is 1.95 bits per heavy atom. The van der Waals surface area contributed by atoms with E-state index in [9.17, 15) is 0 Å². The van der Waals surface area contributed by atoms with Crippen molar-refractivity contribution in [1.82, 2.24) is 0 Å². The fourth-order valence-corrected chi connectivity index (χ4v) is 2.66. The predicted octanol–water partition coefficient (Wildman–Crippen LogP) is 5.76. The topological polar surface area (TPSA) is 0 Å². The van der Waals surface area contributed by atoms with Crippen molar-refractivity contribution in [1.29, 1.82) is 0 Å². The highest BCUT2D eigenvalue weighted by atomic mass is 14.3. The van der Waals surface area contributed by atoms with E-state index in [1.807, 2.05) is 0 Å². The van der Waals surface area contributed by atoms with Gasteiger partial charge in [0.1, 0.15) is 0 Å². The third-order valence-corrected chi connectivity index (χ3v) is 4.72. The standard InChI is InChI=1S/C19H26/c1-6-18(4)11-8-16-9-12-19(5,7-2)14-15(3)17(16)10-13-18/h8-14H,6-7H2,1-5H3. The molecule has 0 bridgehead atoms. The molecule has 0 heterocycles. The predicted molar refractivity (Wildman–Crippen MR) is 85.0 cm³/mol. The van der Waals surface area contributed by atoms with Crippen LogP contribution in [0.4, 0.5) is 0 Å². The van der Waals surface area contributed by atoms with Gasteiger partial charge in [0.05, 0.1) is 0 Å². The van der Waals surface area contributed by atoms with Crippen molar-refractivity contribution in [3.63, 3.8) is 0 Å². The summed E-state index contributed by atoms with van der Waals surface area (Å²) in [6.07, 6.45) is 18.7. The first-order valence-corrected chi connectivity index (χ1v) is 7.43. The Bertz CT molecular complexity index is 506. The van der Waals surface area contributed by atoms with Crippen LogP contribution in [-0.4, -0.2) is 0 Å². The zero-order chi connectivity index (χ0) is 14.1. The first-order chi connectivity index (χ1) is 8.91. The van der Waals surface area contributed by atoms with Gasteiger partial charge >= 0.3 is 0 Å². The van der Waals surface area contributed by atoms with E-state index in [2.05, 4.69) is 77.2 Å². The second-order valence-electron chi connectivity index (χ2n) is 6.42. The quantitative estimate of drug-likeness (QED) is 0.588. The molecular weight excluding hydrogens is 228 g/mol. The van der Waals surface area contributed by atoms with Crippen molar-refractivity contribution in [2.75, 3.05) is 0 Å². The van der Waals surface area contributed by atoms with Crippen molar-refractivity contribution in [3.8, 4) is 0 Å². The van der Waals surface area contributed by atoms with Gasteiger partial charge in [0, 0.05) is 10.8 Å². The van der Waals surface area contributed by atoms with E-state index in [0.29, 0.717) is 0 Å². The summed E-state index contributed by atoms with van der Waals surface area (Å²) in [7, 11) is 0. The zero-order valence-corrected chi connectivity index (χ0v) is 13.0. The van der Waals surface area contributed by atoms with Crippen LogP contribution in [0, 0.1) is 10.8 Å². The van der Waals surface area contributed by atoms with E-state index >= 15 is 0 Å². The minimum Gasteiger partial charge on any atom is -0.0742 e. The number of allylic oxidation sites excluding steroid dienone is 10. The summed E-state index contributed by atoms with van der Waals surface area (Å²) in [5.74, 6) is 0. The molecule has 102 valence electrons. The van der Waals surface area contributed by atoms with Gasteiger partial charge in [0.25, 0.3) is 0 Å². The van der Waals surface area contributed by atoms with E-state index in [1.54, 1.807) is 0 Å². The van der Waals surface area contributed by atoms with E-state index < -0.39 is 0 Å². The van der Waals surface area contributed by atoms with Gasteiger partial charge in [-0.25, -0.2) is 0 Å². The summed E-state index contributed by atoms with van der Waals surface area (Å²) >= 11 is 0. The van der Waals surface area contributed by atoms with Crippen LogP contribution in [-0.2, 0) is 0 Å². The normalized spacial score (nSPS) is 33.8. The highest BCUT2D eigenvalue weighted by Gasteiger charge is 2.22. The Morgan fingerprint density at radius 2 is 1.37 bits per heavy atom. The molecule has 0 radical (unpaired) electrons. The third kappa shape index (κ3) is 2.83. The highest BCUT2D eigenvalue weighted by Crippen LogP contribution is 2.37. The second kappa shape index (κ2) is 5.00. The van der Waals surface area contributed by atoms with Crippen LogP contribution in [0.2, 0.25) is 0 Å². The summed E-state index contributed by atoms with van der Waals surface area (Å²) in [5, 5.41) is 0. The largest absolute Gasteiger partial charge is 0.0742 e. The van der Waals surface area contributed by atoms with Gasteiger partial charge in [0.2, 0.25) is 0 Å². The van der Waals surface area contributed by atoms with Crippen LogP contribution >= 0.6 is 0 Å². The smallest absolute Gasteiger partial charge is 0.00393 e. The van der Waals surface area contributed by atoms with Crippen LogP contribution in [0.1, 0.15) is 47.5 Å². The summed E-state index contributed by atoms with van der Waals surface area (Å²) in [6, 6.07) is 0. The third-order valence-electron chi connectivity index (χ3n) is 4.72. The molecule has 0 fully saturated rings. The van der Waals surface area contributed by atoms with E-state index in [-0.39, 0.29) is 10.8 Å². The maximum absolute atomic E-state index is 2.42. The minimum absolute atomic E-state index is 0.187. The first-order valence-electron chi connectivity index (χ1n) is 7.43. The fourth-order valence-electron chi connectivity index (χ4n) is 2.66. The molecule has 19 heavy (non-hydrogen) atoms. The van der Waals surface area contributed by atoms with Crippen molar-refractivity contribution in [2.24, 2.45) is 10.8 Å². The lowest BCUT2D eigenvalue weighted by atomic mass is 9.84. The lowest BCUT2D eigenvalue weighted by Gasteiger charge is -2.20. The average molecular weight is 254 g/mol. The lowest BCUT2D eigenvalue weighted by Crippen LogP contribution is -2.08. The van der Waals surface area contributed by atoms with Crippen molar-refractivity contribution in [2.45, 2.75) is 47.5 Å². The van der Waals surface area contributed by atoms with Crippen LogP contribution in [0.25, 0.3) is 0 Å². The molecule has 0 aromatic carbocycles. The average Bonchev–Trinajstić information content (AvgIpc) is 2.63. The number of hydrogen-bond acceptors (Lipinski definition) is 0. The molecule has 2 unspecified atom stereocenters. The number of rotatable bonds is 2. The first kappa shape index (κ1) is 14.1. The maximum atomic E-state index is 2.42. The van der Waals surface area contributed by atoms with E-state index in [0.717, 1.165) is 12.8 Å². The fraction of sp³-hybridized carbons (Fsp3) is 0.474. The second-order valence-corrected chi connectivity index (χ2v) is 6.42. The van der Waals surface area contributed by atoms with Crippen LogP contribution in [0.3, 0.4) is 0 Å². The minimum atomic E-state index is 0.187. The summed E-state index contributed by atoms with van der Waals surface area (Å²) in [5.41, 5.74) is 4.49. The molecule has 0 heteroatoms. The summed E-state index contributed by atoms with van der Waals surface area (Å²) in [6.45, 7) is 11.3. The number of hydrogen-bond donors (Lipinski definition) is 0. The van der Waals surface area contributed by atoms with Gasteiger partial charge in [-0.05, 0) is 36.5 Å². The molecule has 0 aliphatic heterocycles. The Balaban J connectivity index is 2.47. The molecule has 0 amide bonds. The molecule has 0 aromatic rings. The van der Waals surface area contributed by atoms with Gasteiger partial charge < -0.3 is 0 Å². The van der Waals surface area contributed by atoms with E-state index in [1.165, 1.54) is 16.7 Å². The zero-order valence-electron chi connectivity index (χ0n) is 13.0. The van der Waals surface area contributed by atoms with Gasteiger partial charge in [-0.15, -0.1) is 0 Å². The van der Waals surface area contributed by atoms with Gasteiger partial charge in [-0.1, -0.05) is 70.2 Å². The van der Waals surface area contributed by atoms with Crippen LogP contribution in [0.15, 0.2) is 59.3 Å². The molecule has 2 aliphatic carbocycles. The molecular formula is C19H26. The van der Waals surface area contributed by atoms with Crippen molar-refractivity contribution in [3.05, 3.63) is 59.3 Å². The Labute approximate surface area is 118 Å². The van der Waals surface area contributed by atoms with Crippen LogP contribution in [0.5, 0.6) is 0 Å². The van der Waals surface area contributed by atoms with Crippen molar-refractivity contribution >= 4 is 0 Å². The highest BCUT2D eigenvalue weighted by molar-refractivity contribution is 5.55. The summed E-state index contributed by atoms with van der Waals surface area (Å²) < 4.78 is 0. The summed E-state index contributed by atoms with van der Waals surface area (Å²) in [4.78, 5) is 0. The Kier molecular flexibility index (Phi) is 3.71. The molecule has 0 aromatic heterocycles. The molecule has 0 saturated heterocycles. The SMILES string of the molecule is CCC1(C)C=CC2=C(C=C1)C(C)=CC(C)(CC)C=C2. The van der Waals surface area contributed by atoms with Crippen LogP contribution < -0.4 is 0 Å². The molecule has 0 spiro atoms. The molecule has 0 nitrogen and oxygen atoms in total. The van der Waals surface area contributed by atoms with E-state index in [4.69, 9.17) is 0 Å². The van der Waals surface area contributed by atoms with Crippen molar-refractivity contribution < 1.29 is 0 Å².